The first-order valence-corrected chi connectivity index (χ1v) is 4.40. The van der Waals surface area contributed by atoms with Gasteiger partial charge in [0, 0.05) is 11.5 Å². The van der Waals surface area contributed by atoms with Crippen molar-refractivity contribution in [1.29, 1.82) is 5.26 Å². The highest BCUT2D eigenvalue weighted by molar-refractivity contribution is 5.87. The Hall–Kier alpha value is -2.48. The van der Waals surface area contributed by atoms with Crippen molar-refractivity contribution in [3.05, 3.63) is 35.9 Å². The molecule has 70 valence electrons. The van der Waals surface area contributed by atoms with Crippen molar-refractivity contribution in [3.63, 3.8) is 0 Å². The van der Waals surface area contributed by atoms with Gasteiger partial charge in [-0.15, -0.1) is 5.10 Å². The van der Waals surface area contributed by atoms with Crippen LogP contribution in [0.25, 0.3) is 16.6 Å². The molecule has 0 atom stereocenters. The molecule has 15 heavy (non-hydrogen) atoms. The lowest BCUT2D eigenvalue weighted by Gasteiger charge is -2.00. The number of para-hydroxylation sites is 1. The van der Waals surface area contributed by atoms with Gasteiger partial charge in [-0.05, 0) is 16.5 Å². The number of pyridine rings is 1. The van der Waals surface area contributed by atoms with Crippen LogP contribution in [0.3, 0.4) is 0 Å². The summed E-state index contributed by atoms with van der Waals surface area (Å²) < 4.78 is 1.62. The van der Waals surface area contributed by atoms with Gasteiger partial charge in [0.05, 0.1) is 17.1 Å². The summed E-state index contributed by atoms with van der Waals surface area (Å²) in [7, 11) is 0. The fourth-order valence-corrected chi connectivity index (χ4v) is 1.64. The molecule has 0 bridgehead atoms. The van der Waals surface area contributed by atoms with Crippen molar-refractivity contribution in [2.45, 2.75) is 0 Å². The fourth-order valence-electron chi connectivity index (χ4n) is 1.64. The maximum atomic E-state index is 9.00. The molecule has 0 radical (unpaired) electrons. The highest BCUT2D eigenvalue weighted by Gasteiger charge is 2.07. The molecule has 2 heterocycles. The van der Waals surface area contributed by atoms with Gasteiger partial charge in [0.2, 0.25) is 0 Å². The van der Waals surface area contributed by atoms with Crippen molar-refractivity contribution in [2.24, 2.45) is 0 Å². The molecule has 0 saturated heterocycles. The summed E-state index contributed by atoms with van der Waals surface area (Å²) in [6.45, 7) is 0. The summed E-state index contributed by atoms with van der Waals surface area (Å²) in [5.74, 6) is 0. The maximum Gasteiger partial charge on any atom is 0.181 e. The van der Waals surface area contributed by atoms with E-state index in [1.807, 2.05) is 24.3 Å². The van der Waals surface area contributed by atoms with Gasteiger partial charge >= 0.3 is 0 Å². The van der Waals surface area contributed by atoms with Crippen LogP contribution in [0.5, 0.6) is 0 Å². The molecule has 2 aromatic heterocycles. The summed E-state index contributed by atoms with van der Waals surface area (Å²) >= 11 is 0. The van der Waals surface area contributed by atoms with E-state index in [0.717, 1.165) is 10.9 Å². The Morgan fingerprint density at radius 2 is 2.13 bits per heavy atom. The summed E-state index contributed by atoms with van der Waals surface area (Å²) in [6.07, 6.45) is 0. The van der Waals surface area contributed by atoms with Gasteiger partial charge in [-0.3, -0.25) is 0 Å². The van der Waals surface area contributed by atoms with Crippen LogP contribution in [-0.2, 0) is 0 Å². The summed E-state index contributed by atoms with van der Waals surface area (Å²) in [6, 6.07) is 11.4. The molecule has 3 rings (SSSR count). The number of benzene rings is 1. The number of tetrazole rings is 1. The zero-order valence-electron chi connectivity index (χ0n) is 7.62. The summed E-state index contributed by atoms with van der Waals surface area (Å²) in [4.78, 5) is 0. The van der Waals surface area contributed by atoms with Gasteiger partial charge in [0.1, 0.15) is 0 Å². The Morgan fingerprint density at radius 3 is 3.00 bits per heavy atom. The van der Waals surface area contributed by atoms with E-state index in [9.17, 15) is 0 Å². The van der Waals surface area contributed by atoms with E-state index >= 15 is 0 Å². The molecular formula is C10H5N5. The molecule has 1 aromatic carbocycles. The number of aromatic nitrogens is 4. The Morgan fingerprint density at radius 1 is 1.27 bits per heavy atom. The Labute approximate surface area is 84.6 Å². The molecule has 5 nitrogen and oxygen atoms in total. The van der Waals surface area contributed by atoms with Crippen molar-refractivity contribution in [1.82, 2.24) is 20.0 Å². The second-order valence-corrected chi connectivity index (χ2v) is 3.14. The Balaban J connectivity index is 2.66. The average Bonchev–Trinajstić information content (AvgIpc) is 2.76. The molecule has 0 unspecified atom stereocenters. The Kier molecular flexibility index (Phi) is 1.45. The minimum atomic E-state index is 0.588. The summed E-state index contributed by atoms with van der Waals surface area (Å²) in [5, 5.41) is 21.1. The van der Waals surface area contributed by atoms with E-state index in [1.165, 1.54) is 0 Å². The van der Waals surface area contributed by atoms with Gasteiger partial charge < -0.3 is 0 Å². The van der Waals surface area contributed by atoms with Gasteiger partial charge in [0.25, 0.3) is 0 Å². The van der Waals surface area contributed by atoms with Crippen molar-refractivity contribution < 1.29 is 0 Å². The Bertz CT molecular complexity index is 692. The van der Waals surface area contributed by atoms with Gasteiger partial charge in [-0.25, -0.2) is 0 Å². The SMILES string of the molecule is N#Cc1cc2nnnn2c2ccccc12. The van der Waals surface area contributed by atoms with E-state index in [2.05, 4.69) is 21.6 Å². The van der Waals surface area contributed by atoms with Crippen LogP contribution in [-0.4, -0.2) is 20.0 Å². The number of hydrogen-bond donors (Lipinski definition) is 0. The normalized spacial score (nSPS) is 10.6. The van der Waals surface area contributed by atoms with Gasteiger partial charge in [0.15, 0.2) is 5.65 Å². The maximum absolute atomic E-state index is 9.00. The van der Waals surface area contributed by atoms with Gasteiger partial charge in [-0.2, -0.15) is 9.78 Å². The molecule has 0 spiro atoms. The van der Waals surface area contributed by atoms with Gasteiger partial charge in [-0.1, -0.05) is 18.2 Å². The smallest absolute Gasteiger partial charge is 0.181 e. The van der Waals surface area contributed by atoms with Crippen LogP contribution in [0.2, 0.25) is 0 Å². The topological polar surface area (TPSA) is 66.9 Å². The fraction of sp³-hybridized carbons (Fsp3) is 0. The molecule has 0 aliphatic heterocycles. The lowest BCUT2D eigenvalue weighted by atomic mass is 10.1. The van der Waals surface area contributed by atoms with E-state index in [-0.39, 0.29) is 0 Å². The lowest BCUT2D eigenvalue weighted by molar-refractivity contribution is 0.841. The van der Waals surface area contributed by atoms with E-state index in [1.54, 1.807) is 10.6 Å². The van der Waals surface area contributed by atoms with E-state index < -0.39 is 0 Å². The standard InChI is InChI=1S/C10H5N5/c11-6-7-5-10-12-13-14-15(10)9-4-2-1-3-8(7)9/h1-5H. The third kappa shape index (κ3) is 0.987. The predicted molar refractivity (Wildman–Crippen MR) is 53.0 cm³/mol. The third-order valence-corrected chi connectivity index (χ3v) is 2.31. The van der Waals surface area contributed by atoms with E-state index in [4.69, 9.17) is 5.26 Å². The lowest BCUT2D eigenvalue weighted by Crippen LogP contribution is -1.92. The van der Waals surface area contributed by atoms with Crippen LogP contribution >= 0.6 is 0 Å². The average molecular weight is 195 g/mol. The number of rotatable bonds is 0. The molecule has 0 saturated carbocycles. The number of nitriles is 1. The third-order valence-electron chi connectivity index (χ3n) is 2.31. The first-order valence-electron chi connectivity index (χ1n) is 4.40. The molecule has 0 aliphatic carbocycles. The molecule has 0 N–H and O–H groups in total. The summed E-state index contributed by atoms with van der Waals surface area (Å²) in [5.41, 5.74) is 2.02. The van der Waals surface area contributed by atoms with Crippen molar-refractivity contribution >= 4 is 16.6 Å². The number of fused-ring (bicyclic) bond motifs is 3. The molecule has 0 amide bonds. The van der Waals surface area contributed by atoms with E-state index in [0.29, 0.717) is 11.2 Å². The van der Waals surface area contributed by atoms with Crippen LogP contribution in [0.4, 0.5) is 0 Å². The van der Waals surface area contributed by atoms with Crippen molar-refractivity contribution in [2.75, 3.05) is 0 Å². The quantitative estimate of drug-likeness (QED) is 0.539. The molecule has 0 fully saturated rings. The van der Waals surface area contributed by atoms with Crippen LogP contribution in [0, 0.1) is 11.3 Å². The second kappa shape index (κ2) is 2.75. The molecule has 5 heteroatoms. The van der Waals surface area contributed by atoms with Crippen LogP contribution in [0.15, 0.2) is 30.3 Å². The van der Waals surface area contributed by atoms with Crippen LogP contribution in [0.1, 0.15) is 5.56 Å². The largest absolute Gasteiger partial charge is 0.193 e. The number of nitrogens with zero attached hydrogens (tertiary/aromatic N) is 5. The minimum Gasteiger partial charge on any atom is -0.193 e. The second-order valence-electron chi connectivity index (χ2n) is 3.14. The highest BCUT2D eigenvalue weighted by atomic mass is 15.5. The molecule has 3 aromatic rings. The minimum absolute atomic E-state index is 0.588. The zero-order chi connectivity index (χ0) is 10.3. The highest BCUT2D eigenvalue weighted by Crippen LogP contribution is 2.18. The zero-order valence-corrected chi connectivity index (χ0v) is 7.62. The first-order chi connectivity index (χ1) is 7.40. The predicted octanol–water partition coefficient (Wildman–Crippen LogP) is 1.15. The van der Waals surface area contributed by atoms with Crippen LogP contribution < -0.4 is 0 Å². The first kappa shape index (κ1) is 7.88. The monoisotopic (exact) mass is 195 g/mol. The number of hydrogen-bond acceptors (Lipinski definition) is 4. The molecular weight excluding hydrogens is 190 g/mol. The molecule has 0 aliphatic rings. The van der Waals surface area contributed by atoms with Crippen molar-refractivity contribution in [3.8, 4) is 6.07 Å².